The van der Waals surface area contributed by atoms with Gasteiger partial charge in [-0.05, 0) is 11.6 Å². The molecule has 2 rings (SSSR count). The van der Waals surface area contributed by atoms with Crippen LogP contribution in [0.1, 0.15) is 11.1 Å². The van der Waals surface area contributed by atoms with Crippen molar-refractivity contribution in [3.63, 3.8) is 0 Å². The summed E-state index contributed by atoms with van der Waals surface area (Å²) in [6, 6.07) is 11.2. The second-order valence-corrected chi connectivity index (χ2v) is 3.00. The highest BCUT2D eigenvalue weighted by atomic mass is 16.6. The van der Waals surface area contributed by atoms with E-state index in [1.54, 1.807) is 6.29 Å². The highest BCUT2D eigenvalue weighted by Gasteiger charge is 2.07. The molecular weight excluding hydrogens is 192 g/mol. The van der Waals surface area contributed by atoms with Gasteiger partial charge in [-0.2, -0.15) is 0 Å². The van der Waals surface area contributed by atoms with Gasteiger partial charge in [-0.25, -0.2) is 0 Å². The van der Waals surface area contributed by atoms with Gasteiger partial charge in [0, 0.05) is 0 Å². The normalized spacial score (nSPS) is 9.87. The first-order valence-electron chi connectivity index (χ1n) is 4.52. The lowest BCUT2D eigenvalue weighted by Crippen LogP contribution is -1.95. The molecule has 15 heavy (non-hydrogen) atoms. The van der Waals surface area contributed by atoms with Crippen LogP contribution in [0.2, 0.25) is 0 Å². The van der Waals surface area contributed by atoms with Crippen molar-refractivity contribution in [2.45, 2.75) is 6.61 Å². The van der Waals surface area contributed by atoms with Gasteiger partial charge in [0.25, 0.3) is 5.95 Å². The molecule has 1 heterocycles. The van der Waals surface area contributed by atoms with E-state index in [2.05, 4.69) is 0 Å². The molecule has 0 amide bonds. The first kappa shape index (κ1) is 9.52. The van der Waals surface area contributed by atoms with Gasteiger partial charge < -0.3 is 9.15 Å². The van der Waals surface area contributed by atoms with Crippen LogP contribution in [0.5, 0.6) is 5.95 Å². The molecule has 0 unspecified atom stereocenters. The molecule has 3 heteroatoms. The van der Waals surface area contributed by atoms with Gasteiger partial charge in [0.2, 0.25) is 6.29 Å². The van der Waals surface area contributed by atoms with E-state index in [4.69, 9.17) is 9.15 Å². The van der Waals surface area contributed by atoms with Gasteiger partial charge in [0.05, 0.1) is 6.26 Å². The molecule has 0 aliphatic rings. The Morgan fingerprint density at radius 1 is 1.20 bits per heavy atom. The number of hydrogen-bond acceptors (Lipinski definition) is 3. The highest BCUT2D eigenvalue weighted by molar-refractivity contribution is 5.78. The summed E-state index contributed by atoms with van der Waals surface area (Å²) >= 11 is 0. The maximum atomic E-state index is 10.4. The van der Waals surface area contributed by atoms with Crippen LogP contribution in [-0.4, -0.2) is 6.29 Å². The van der Waals surface area contributed by atoms with Crippen LogP contribution >= 0.6 is 0 Å². The lowest BCUT2D eigenvalue weighted by atomic mass is 10.2. The Morgan fingerprint density at radius 2 is 2.00 bits per heavy atom. The standard InChI is InChI=1S/C12H9O3/c13-8-11-6-7-14-12(11)15-9-10-4-2-1-3-5-10/h1-7H,9H2. The third-order valence-electron chi connectivity index (χ3n) is 1.95. The zero-order valence-corrected chi connectivity index (χ0v) is 7.97. The summed E-state index contributed by atoms with van der Waals surface area (Å²) in [5.41, 5.74) is 1.33. The molecule has 0 atom stereocenters. The van der Waals surface area contributed by atoms with Crippen LogP contribution in [0.15, 0.2) is 47.1 Å². The number of rotatable bonds is 4. The molecule has 1 aromatic carbocycles. The number of furan rings is 1. The minimum Gasteiger partial charge on any atom is -0.460 e. The van der Waals surface area contributed by atoms with Crippen molar-refractivity contribution in [2.75, 3.05) is 0 Å². The number of ether oxygens (including phenoxy) is 1. The first-order chi connectivity index (χ1) is 7.40. The Labute approximate surface area is 87.3 Å². The van der Waals surface area contributed by atoms with Crippen molar-refractivity contribution in [2.24, 2.45) is 0 Å². The van der Waals surface area contributed by atoms with E-state index in [0.717, 1.165) is 5.56 Å². The summed E-state index contributed by atoms with van der Waals surface area (Å²) in [5.74, 6) is 0.217. The van der Waals surface area contributed by atoms with Crippen molar-refractivity contribution >= 4 is 6.29 Å². The van der Waals surface area contributed by atoms with E-state index >= 15 is 0 Å². The van der Waals surface area contributed by atoms with Crippen molar-refractivity contribution in [1.29, 1.82) is 0 Å². The Kier molecular flexibility index (Phi) is 2.83. The van der Waals surface area contributed by atoms with E-state index in [0.29, 0.717) is 12.2 Å². The lowest BCUT2D eigenvalue weighted by Gasteiger charge is -2.02. The number of benzene rings is 1. The van der Waals surface area contributed by atoms with Gasteiger partial charge in [-0.1, -0.05) is 30.3 Å². The zero-order chi connectivity index (χ0) is 10.5. The second kappa shape index (κ2) is 4.46. The Bertz CT molecular complexity index is 431. The third-order valence-corrected chi connectivity index (χ3v) is 1.95. The molecule has 0 aliphatic carbocycles. The van der Waals surface area contributed by atoms with E-state index in [1.807, 2.05) is 30.3 Å². The Hall–Kier alpha value is -2.03. The third kappa shape index (κ3) is 2.26. The summed E-state index contributed by atoms with van der Waals surface area (Å²) < 4.78 is 10.3. The molecule has 1 aromatic heterocycles. The smallest absolute Gasteiger partial charge is 0.296 e. The Morgan fingerprint density at radius 3 is 2.73 bits per heavy atom. The van der Waals surface area contributed by atoms with Crippen molar-refractivity contribution < 1.29 is 13.9 Å². The number of carbonyl (C=O) groups excluding carboxylic acids is 1. The van der Waals surface area contributed by atoms with Crippen molar-refractivity contribution in [1.82, 2.24) is 0 Å². The van der Waals surface area contributed by atoms with E-state index in [9.17, 15) is 4.79 Å². The molecule has 0 fully saturated rings. The van der Waals surface area contributed by atoms with Crippen LogP contribution in [-0.2, 0) is 11.4 Å². The first-order valence-corrected chi connectivity index (χ1v) is 4.52. The predicted octanol–water partition coefficient (Wildman–Crippen LogP) is 2.32. The molecular formula is C12H9O3. The minimum absolute atomic E-state index is 0.217. The summed E-state index contributed by atoms with van der Waals surface area (Å²) in [4.78, 5) is 10.4. The molecule has 0 spiro atoms. The summed E-state index contributed by atoms with van der Waals surface area (Å²) in [6.45, 7) is 0.378. The molecule has 0 aliphatic heterocycles. The fourth-order valence-electron chi connectivity index (χ4n) is 1.21. The average Bonchev–Trinajstić information content (AvgIpc) is 2.75. The maximum absolute atomic E-state index is 10.4. The van der Waals surface area contributed by atoms with Crippen molar-refractivity contribution in [3.05, 3.63) is 53.8 Å². The summed E-state index contributed by atoms with van der Waals surface area (Å²) in [6.07, 6.45) is 3.15. The van der Waals surface area contributed by atoms with Gasteiger partial charge >= 0.3 is 0 Å². The largest absolute Gasteiger partial charge is 0.460 e. The van der Waals surface area contributed by atoms with Gasteiger partial charge in [-0.15, -0.1) is 0 Å². The molecule has 0 N–H and O–H groups in total. The SMILES string of the molecule is O=[C]c1ccoc1OCc1ccccc1. The summed E-state index contributed by atoms with van der Waals surface area (Å²) in [5, 5.41) is 0. The molecule has 2 aromatic rings. The van der Waals surface area contributed by atoms with Crippen LogP contribution in [0.4, 0.5) is 0 Å². The fourth-order valence-corrected chi connectivity index (χ4v) is 1.21. The van der Waals surface area contributed by atoms with Crippen molar-refractivity contribution in [3.8, 4) is 5.95 Å². The van der Waals surface area contributed by atoms with Gasteiger partial charge in [0.15, 0.2) is 0 Å². The average molecular weight is 201 g/mol. The maximum Gasteiger partial charge on any atom is 0.296 e. The van der Waals surface area contributed by atoms with Crippen LogP contribution in [0.25, 0.3) is 0 Å². The number of hydrogen-bond donors (Lipinski definition) is 0. The van der Waals surface area contributed by atoms with Gasteiger partial charge in [-0.3, -0.25) is 4.79 Å². The molecule has 1 radical (unpaired) electrons. The van der Waals surface area contributed by atoms with Crippen LogP contribution in [0, 0.1) is 0 Å². The fraction of sp³-hybridized carbons (Fsp3) is 0.0833. The topological polar surface area (TPSA) is 39.4 Å². The molecule has 0 bridgehead atoms. The minimum atomic E-state index is 0.217. The summed E-state index contributed by atoms with van der Waals surface area (Å²) in [7, 11) is 0. The van der Waals surface area contributed by atoms with E-state index < -0.39 is 0 Å². The van der Waals surface area contributed by atoms with E-state index in [1.165, 1.54) is 12.3 Å². The van der Waals surface area contributed by atoms with Gasteiger partial charge in [0.1, 0.15) is 12.2 Å². The molecule has 75 valence electrons. The quantitative estimate of drug-likeness (QED) is 0.762. The monoisotopic (exact) mass is 201 g/mol. The van der Waals surface area contributed by atoms with Crippen LogP contribution < -0.4 is 4.74 Å². The molecule has 0 saturated carbocycles. The predicted molar refractivity (Wildman–Crippen MR) is 54.3 cm³/mol. The Balaban J connectivity index is 2.02. The molecule has 0 saturated heterocycles. The molecule has 3 nitrogen and oxygen atoms in total. The highest BCUT2D eigenvalue weighted by Crippen LogP contribution is 2.18. The zero-order valence-electron chi connectivity index (χ0n) is 7.97. The lowest BCUT2D eigenvalue weighted by molar-refractivity contribution is 0.232. The van der Waals surface area contributed by atoms with Crippen LogP contribution in [0.3, 0.4) is 0 Å². The van der Waals surface area contributed by atoms with E-state index in [-0.39, 0.29) is 5.95 Å². The second-order valence-electron chi connectivity index (χ2n) is 3.00.